The minimum Gasteiger partial charge on any atom is -0.388 e. The maximum atomic E-state index is 12.0. The Balaban J connectivity index is 1.64. The Hall–Kier alpha value is -0.610. The van der Waals surface area contributed by atoms with E-state index >= 15 is 0 Å². The van der Waals surface area contributed by atoms with Gasteiger partial charge in [0.25, 0.3) is 0 Å². The predicted molar refractivity (Wildman–Crippen MR) is 85.0 cm³/mol. The van der Waals surface area contributed by atoms with Crippen molar-refractivity contribution in [3.63, 3.8) is 0 Å². The third-order valence-electron chi connectivity index (χ3n) is 5.33. The van der Waals surface area contributed by atoms with Gasteiger partial charge in [-0.15, -0.1) is 0 Å². The van der Waals surface area contributed by atoms with E-state index in [1.807, 2.05) is 0 Å². The van der Waals surface area contributed by atoms with E-state index in [1.54, 1.807) is 0 Å². The summed E-state index contributed by atoms with van der Waals surface area (Å²) < 4.78 is 0. The number of piperidine rings is 1. The number of amides is 1. The summed E-state index contributed by atoms with van der Waals surface area (Å²) in [6, 6.07) is 0. The lowest BCUT2D eigenvalue weighted by atomic mass is 9.71. The van der Waals surface area contributed by atoms with Crippen molar-refractivity contribution in [3.05, 3.63) is 0 Å². The Morgan fingerprint density at radius 3 is 2.62 bits per heavy atom. The van der Waals surface area contributed by atoms with Crippen LogP contribution >= 0.6 is 0 Å². The highest BCUT2D eigenvalue weighted by Gasteiger charge is 2.36. The fraction of sp³-hybridized carbons (Fsp3) is 0.941. The Labute approximate surface area is 129 Å². The summed E-state index contributed by atoms with van der Waals surface area (Å²) in [4.78, 5) is 12.0. The highest BCUT2D eigenvalue weighted by atomic mass is 16.3. The lowest BCUT2D eigenvalue weighted by Crippen LogP contribution is -2.46. The van der Waals surface area contributed by atoms with Gasteiger partial charge in [0.2, 0.25) is 5.91 Å². The zero-order valence-electron chi connectivity index (χ0n) is 13.7. The minimum atomic E-state index is -0.683. The molecule has 0 aromatic carbocycles. The molecule has 1 saturated heterocycles. The molecule has 0 aromatic heterocycles. The van der Waals surface area contributed by atoms with E-state index in [4.69, 9.17) is 0 Å². The average molecular weight is 296 g/mol. The van der Waals surface area contributed by atoms with Gasteiger partial charge < -0.3 is 15.7 Å². The second-order valence-electron chi connectivity index (χ2n) is 7.92. The first-order valence-corrected chi connectivity index (χ1v) is 8.58. The van der Waals surface area contributed by atoms with Crippen LogP contribution < -0.4 is 10.6 Å². The van der Waals surface area contributed by atoms with Crippen LogP contribution in [0.4, 0.5) is 0 Å². The predicted octanol–water partition coefficient (Wildman–Crippen LogP) is 2.21. The highest BCUT2D eigenvalue weighted by Crippen LogP contribution is 2.39. The molecule has 1 heterocycles. The molecule has 2 aliphatic rings. The van der Waals surface area contributed by atoms with Gasteiger partial charge in [0.1, 0.15) is 0 Å². The maximum Gasteiger partial charge on any atom is 0.220 e. The third-order valence-corrected chi connectivity index (χ3v) is 5.33. The minimum absolute atomic E-state index is 0.0961. The van der Waals surface area contributed by atoms with Crippen molar-refractivity contribution >= 4 is 5.91 Å². The first kappa shape index (κ1) is 16.8. The number of hydrogen-bond acceptors (Lipinski definition) is 3. The van der Waals surface area contributed by atoms with E-state index in [2.05, 4.69) is 24.5 Å². The van der Waals surface area contributed by atoms with Crippen molar-refractivity contribution in [2.45, 2.75) is 70.8 Å². The Morgan fingerprint density at radius 2 is 2.00 bits per heavy atom. The molecule has 1 aliphatic carbocycles. The van der Waals surface area contributed by atoms with Crippen LogP contribution in [-0.2, 0) is 4.79 Å². The monoisotopic (exact) mass is 296 g/mol. The fourth-order valence-corrected chi connectivity index (χ4v) is 3.43. The average Bonchev–Trinajstić information content (AvgIpc) is 2.48. The number of carbonyl (C=O) groups excluding carboxylic acids is 1. The van der Waals surface area contributed by atoms with Gasteiger partial charge in [-0.2, -0.15) is 0 Å². The lowest BCUT2D eigenvalue weighted by molar-refractivity contribution is -0.123. The molecule has 0 radical (unpaired) electrons. The molecular weight excluding hydrogens is 264 g/mol. The molecule has 4 nitrogen and oxygen atoms in total. The van der Waals surface area contributed by atoms with Gasteiger partial charge in [0.15, 0.2) is 0 Å². The molecule has 0 aromatic rings. The molecule has 1 unspecified atom stereocenters. The summed E-state index contributed by atoms with van der Waals surface area (Å²) in [6.07, 6.45) is 7.68. The summed E-state index contributed by atoms with van der Waals surface area (Å²) in [5.74, 6) is 0.738. The standard InChI is InChI=1S/C17H32N2O2/c1-16(2)7-9-17(21,10-8-16)13-19-15(20)6-5-14-4-3-11-18-12-14/h14,18,21H,3-13H2,1-2H3,(H,19,20). The first-order chi connectivity index (χ1) is 9.89. The normalized spacial score (nSPS) is 28.0. The molecule has 4 heteroatoms. The summed E-state index contributed by atoms with van der Waals surface area (Å²) in [7, 11) is 0. The maximum absolute atomic E-state index is 12.0. The molecule has 1 atom stereocenters. The van der Waals surface area contributed by atoms with Crippen LogP contribution in [0.25, 0.3) is 0 Å². The van der Waals surface area contributed by atoms with Gasteiger partial charge >= 0.3 is 0 Å². The van der Waals surface area contributed by atoms with Crippen LogP contribution in [0.1, 0.15) is 65.2 Å². The van der Waals surface area contributed by atoms with Crippen molar-refractivity contribution in [1.29, 1.82) is 0 Å². The Kier molecular flexibility index (Phi) is 5.67. The highest BCUT2D eigenvalue weighted by molar-refractivity contribution is 5.75. The lowest BCUT2D eigenvalue weighted by Gasteiger charge is -2.40. The first-order valence-electron chi connectivity index (χ1n) is 8.58. The van der Waals surface area contributed by atoms with Crippen LogP contribution in [-0.4, -0.2) is 36.2 Å². The molecule has 1 amide bonds. The summed E-state index contributed by atoms with van der Waals surface area (Å²) in [5, 5.41) is 16.9. The number of hydrogen-bond donors (Lipinski definition) is 3. The number of aliphatic hydroxyl groups is 1. The van der Waals surface area contributed by atoms with E-state index < -0.39 is 5.60 Å². The van der Waals surface area contributed by atoms with Gasteiger partial charge in [0.05, 0.1) is 5.60 Å². The molecule has 2 rings (SSSR count). The topological polar surface area (TPSA) is 61.4 Å². The van der Waals surface area contributed by atoms with E-state index in [1.165, 1.54) is 12.8 Å². The quantitative estimate of drug-likeness (QED) is 0.729. The molecule has 1 aliphatic heterocycles. The molecule has 1 saturated carbocycles. The number of rotatable bonds is 5. The second-order valence-corrected chi connectivity index (χ2v) is 7.92. The number of carbonyl (C=O) groups is 1. The Bertz CT molecular complexity index is 339. The van der Waals surface area contributed by atoms with Crippen LogP contribution in [0, 0.1) is 11.3 Å². The van der Waals surface area contributed by atoms with Gasteiger partial charge in [-0.3, -0.25) is 4.79 Å². The zero-order valence-corrected chi connectivity index (χ0v) is 13.7. The van der Waals surface area contributed by atoms with Gasteiger partial charge in [-0.1, -0.05) is 13.8 Å². The summed E-state index contributed by atoms with van der Waals surface area (Å²) >= 11 is 0. The molecule has 3 N–H and O–H groups in total. The van der Waals surface area contributed by atoms with Gasteiger partial charge in [-0.25, -0.2) is 0 Å². The molecular formula is C17H32N2O2. The van der Waals surface area contributed by atoms with E-state index in [0.717, 1.165) is 45.2 Å². The van der Waals surface area contributed by atoms with E-state index in [9.17, 15) is 9.90 Å². The van der Waals surface area contributed by atoms with Crippen LogP contribution in [0.3, 0.4) is 0 Å². The zero-order chi connectivity index (χ0) is 15.3. The van der Waals surface area contributed by atoms with Crippen molar-refractivity contribution in [3.8, 4) is 0 Å². The largest absolute Gasteiger partial charge is 0.388 e. The van der Waals surface area contributed by atoms with E-state index in [0.29, 0.717) is 24.3 Å². The molecule has 21 heavy (non-hydrogen) atoms. The second kappa shape index (κ2) is 7.10. The van der Waals surface area contributed by atoms with Gasteiger partial charge in [-0.05, 0) is 69.4 Å². The van der Waals surface area contributed by atoms with Gasteiger partial charge in [0, 0.05) is 13.0 Å². The van der Waals surface area contributed by atoms with Crippen LogP contribution in [0.15, 0.2) is 0 Å². The summed E-state index contributed by atoms with van der Waals surface area (Å²) in [5.41, 5.74) is -0.345. The molecule has 122 valence electrons. The van der Waals surface area contributed by atoms with Crippen molar-refractivity contribution < 1.29 is 9.90 Å². The van der Waals surface area contributed by atoms with Crippen molar-refractivity contribution in [2.75, 3.05) is 19.6 Å². The number of nitrogens with one attached hydrogen (secondary N) is 2. The van der Waals surface area contributed by atoms with Crippen LogP contribution in [0.5, 0.6) is 0 Å². The molecule has 0 spiro atoms. The summed E-state index contributed by atoms with van der Waals surface area (Å²) in [6.45, 7) is 7.09. The van der Waals surface area contributed by atoms with Crippen LogP contribution in [0.2, 0.25) is 0 Å². The fourth-order valence-electron chi connectivity index (χ4n) is 3.43. The van der Waals surface area contributed by atoms with E-state index in [-0.39, 0.29) is 5.91 Å². The molecule has 0 bridgehead atoms. The Morgan fingerprint density at radius 1 is 1.29 bits per heavy atom. The SMILES string of the molecule is CC1(C)CCC(O)(CNC(=O)CCC2CCCNC2)CC1. The molecule has 2 fully saturated rings. The smallest absolute Gasteiger partial charge is 0.220 e. The van der Waals surface area contributed by atoms with Crippen molar-refractivity contribution in [1.82, 2.24) is 10.6 Å². The third kappa shape index (κ3) is 5.59. The van der Waals surface area contributed by atoms with Crippen molar-refractivity contribution in [2.24, 2.45) is 11.3 Å².